The van der Waals surface area contributed by atoms with Crippen LogP contribution in [0.5, 0.6) is 0 Å². The van der Waals surface area contributed by atoms with E-state index in [1.165, 1.54) is 6.92 Å². The summed E-state index contributed by atoms with van der Waals surface area (Å²) in [4.78, 5) is 0. The van der Waals surface area contributed by atoms with Gasteiger partial charge in [-0.1, -0.05) is 6.92 Å². The van der Waals surface area contributed by atoms with Crippen molar-refractivity contribution in [2.75, 3.05) is 17.3 Å². The van der Waals surface area contributed by atoms with E-state index in [-0.39, 0.29) is 17.3 Å². The zero-order valence-corrected chi connectivity index (χ0v) is 7.32. The largest absolute Gasteiger partial charge is 0.232 e. The van der Waals surface area contributed by atoms with E-state index in [4.69, 9.17) is 0 Å². The standard InChI is InChI=1S/C4H10O4S2/c1-2-10(7,8)4-3-9(5)6/h9H,2-4H2,1H3. The van der Waals surface area contributed by atoms with Gasteiger partial charge in [0.25, 0.3) is 0 Å². The van der Waals surface area contributed by atoms with Gasteiger partial charge in [0.1, 0.15) is 10.7 Å². The van der Waals surface area contributed by atoms with Crippen molar-refractivity contribution in [1.29, 1.82) is 0 Å². The van der Waals surface area contributed by atoms with E-state index in [2.05, 4.69) is 0 Å². The number of hydrogen-bond donors (Lipinski definition) is 1. The van der Waals surface area contributed by atoms with Crippen LogP contribution in [0, 0.1) is 0 Å². The van der Waals surface area contributed by atoms with E-state index in [0.717, 1.165) is 0 Å². The molecular weight excluding hydrogens is 176 g/mol. The predicted molar refractivity (Wildman–Crippen MR) is 39.5 cm³/mol. The van der Waals surface area contributed by atoms with Gasteiger partial charge in [-0.3, -0.25) is 0 Å². The van der Waals surface area contributed by atoms with Crippen molar-refractivity contribution in [3.05, 3.63) is 0 Å². The van der Waals surface area contributed by atoms with Crippen molar-refractivity contribution in [1.82, 2.24) is 0 Å². The highest BCUT2D eigenvalue weighted by atomic mass is 32.2. The second kappa shape index (κ2) is 3.92. The minimum atomic E-state index is -3.10. The summed E-state index contributed by atoms with van der Waals surface area (Å²) in [7, 11) is -5.65. The monoisotopic (exact) mass is 186 g/mol. The Morgan fingerprint density at radius 2 is 1.80 bits per heavy atom. The SMILES string of the molecule is CCS(=O)(=O)CC[SH](=O)=O. The Kier molecular flexibility index (Phi) is 3.88. The molecule has 0 N–H and O–H groups in total. The lowest BCUT2D eigenvalue weighted by Crippen LogP contribution is -2.12. The summed E-state index contributed by atoms with van der Waals surface area (Å²) in [5.74, 6) is -0.496. The van der Waals surface area contributed by atoms with Gasteiger partial charge >= 0.3 is 0 Å². The third-order valence-corrected chi connectivity index (χ3v) is 3.62. The molecule has 0 radical (unpaired) electrons. The molecule has 6 heteroatoms. The lowest BCUT2D eigenvalue weighted by Gasteiger charge is -1.93. The third-order valence-electron chi connectivity index (χ3n) is 1.02. The van der Waals surface area contributed by atoms with Crippen LogP contribution < -0.4 is 0 Å². The van der Waals surface area contributed by atoms with Crippen molar-refractivity contribution >= 4 is 20.5 Å². The zero-order valence-electron chi connectivity index (χ0n) is 5.61. The smallest absolute Gasteiger partial charge is 0.151 e. The van der Waals surface area contributed by atoms with E-state index in [1.54, 1.807) is 0 Å². The third kappa shape index (κ3) is 4.75. The molecule has 4 nitrogen and oxygen atoms in total. The van der Waals surface area contributed by atoms with E-state index < -0.39 is 20.5 Å². The fourth-order valence-corrected chi connectivity index (χ4v) is 2.36. The van der Waals surface area contributed by atoms with Gasteiger partial charge in [0, 0.05) is 5.75 Å². The minimum Gasteiger partial charge on any atom is -0.232 e. The van der Waals surface area contributed by atoms with Crippen molar-refractivity contribution in [2.24, 2.45) is 0 Å². The Hall–Kier alpha value is -0.100. The van der Waals surface area contributed by atoms with Crippen LogP contribution >= 0.6 is 0 Å². The summed E-state index contributed by atoms with van der Waals surface area (Å²) in [5, 5.41) is 0. The lowest BCUT2D eigenvalue weighted by atomic mass is 10.9. The van der Waals surface area contributed by atoms with Crippen LogP contribution in [0.2, 0.25) is 0 Å². The molecule has 0 aromatic heterocycles. The highest BCUT2D eigenvalue weighted by Gasteiger charge is 2.06. The van der Waals surface area contributed by atoms with E-state index in [9.17, 15) is 16.8 Å². The molecule has 0 aromatic rings. The molecular formula is C4H10O4S2. The summed E-state index contributed by atoms with van der Waals surface area (Å²) in [6, 6.07) is 0. The number of thiol groups is 1. The highest BCUT2D eigenvalue weighted by molar-refractivity contribution is 7.92. The molecule has 0 aliphatic heterocycles. The first-order valence-electron chi connectivity index (χ1n) is 2.80. The van der Waals surface area contributed by atoms with Crippen LogP contribution in [0.4, 0.5) is 0 Å². The van der Waals surface area contributed by atoms with Gasteiger partial charge in [0.2, 0.25) is 0 Å². The summed E-state index contributed by atoms with van der Waals surface area (Å²) in [6.07, 6.45) is 0. The Labute approximate surface area is 62.1 Å². The van der Waals surface area contributed by atoms with Gasteiger partial charge in [-0.05, 0) is 0 Å². The molecule has 0 aliphatic rings. The maximum Gasteiger partial charge on any atom is 0.151 e. The molecule has 0 atom stereocenters. The Bertz CT molecular complexity index is 240. The van der Waals surface area contributed by atoms with Gasteiger partial charge in [-0.15, -0.1) is 0 Å². The molecule has 62 valence electrons. The average Bonchev–Trinajstić information content (AvgIpc) is 1.85. The summed E-state index contributed by atoms with van der Waals surface area (Å²) >= 11 is 0. The van der Waals surface area contributed by atoms with Crippen molar-refractivity contribution < 1.29 is 16.8 Å². The molecule has 0 saturated carbocycles. The summed E-state index contributed by atoms with van der Waals surface area (Å²) in [6.45, 7) is 1.49. The topological polar surface area (TPSA) is 68.3 Å². The minimum absolute atomic E-state index is 0.0101. The number of rotatable bonds is 4. The van der Waals surface area contributed by atoms with E-state index in [1.807, 2.05) is 0 Å². The predicted octanol–water partition coefficient (Wildman–Crippen LogP) is -0.967. The van der Waals surface area contributed by atoms with Crippen LogP contribution in [0.3, 0.4) is 0 Å². The fraction of sp³-hybridized carbons (Fsp3) is 1.00. The Morgan fingerprint density at radius 1 is 1.30 bits per heavy atom. The van der Waals surface area contributed by atoms with E-state index in [0.29, 0.717) is 0 Å². The van der Waals surface area contributed by atoms with Crippen LogP contribution in [-0.2, 0) is 20.5 Å². The first kappa shape index (κ1) is 9.90. The Balaban J connectivity index is 3.93. The summed E-state index contributed by atoms with van der Waals surface area (Å²) < 4.78 is 41.1. The highest BCUT2D eigenvalue weighted by Crippen LogP contribution is 1.87. The molecule has 0 saturated heterocycles. The fourth-order valence-electron chi connectivity index (χ4n) is 0.358. The molecule has 0 rings (SSSR count). The molecule has 0 bridgehead atoms. The molecule has 0 amide bonds. The second-order valence-electron chi connectivity index (χ2n) is 1.79. The van der Waals surface area contributed by atoms with Crippen LogP contribution in [-0.4, -0.2) is 34.1 Å². The maximum atomic E-state index is 10.6. The van der Waals surface area contributed by atoms with Crippen LogP contribution in [0.15, 0.2) is 0 Å². The Morgan fingerprint density at radius 3 is 2.10 bits per heavy atom. The molecule has 0 unspecified atom stereocenters. The molecule has 0 aliphatic carbocycles. The van der Waals surface area contributed by atoms with Crippen molar-refractivity contribution in [3.8, 4) is 0 Å². The second-order valence-corrected chi connectivity index (χ2v) is 5.38. The number of hydrogen-bond acceptors (Lipinski definition) is 4. The quantitative estimate of drug-likeness (QED) is 0.574. The molecule has 0 heterocycles. The molecule has 0 spiro atoms. The van der Waals surface area contributed by atoms with Gasteiger partial charge in [-0.2, -0.15) is 0 Å². The van der Waals surface area contributed by atoms with E-state index >= 15 is 0 Å². The lowest BCUT2D eigenvalue weighted by molar-refractivity contribution is 0.595. The zero-order chi connectivity index (χ0) is 8.20. The average molecular weight is 186 g/mol. The molecule has 10 heavy (non-hydrogen) atoms. The number of sulfone groups is 1. The van der Waals surface area contributed by atoms with Gasteiger partial charge in [-0.25, -0.2) is 16.8 Å². The van der Waals surface area contributed by atoms with Crippen LogP contribution in [0.1, 0.15) is 6.92 Å². The van der Waals surface area contributed by atoms with Gasteiger partial charge < -0.3 is 0 Å². The van der Waals surface area contributed by atoms with Crippen LogP contribution in [0.25, 0.3) is 0 Å². The maximum absolute atomic E-state index is 10.6. The van der Waals surface area contributed by atoms with Gasteiger partial charge in [0.05, 0.1) is 11.5 Å². The van der Waals surface area contributed by atoms with Gasteiger partial charge in [0.15, 0.2) is 9.84 Å². The summed E-state index contributed by atoms with van der Waals surface area (Å²) in [5.41, 5.74) is 0. The first-order valence-corrected chi connectivity index (χ1v) is 5.98. The van der Waals surface area contributed by atoms with Crippen molar-refractivity contribution in [2.45, 2.75) is 6.92 Å². The normalized spacial score (nSPS) is 12.2. The first-order chi connectivity index (χ1) is 4.48. The molecule has 0 fully saturated rings. The van der Waals surface area contributed by atoms with Crippen molar-refractivity contribution in [3.63, 3.8) is 0 Å². The molecule has 0 aromatic carbocycles.